The maximum absolute atomic E-state index is 12.1. The van der Waals surface area contributed by atoms with Gasteiger partial charge in [-0.3, -0.25) is 0 Å². The molecule has 0 aliphatic heterocycles. The van der Waals surface area contributed by atoms with Crippen LogP contribution in [0.3, 0.4) is 0 Å². The Labute approximate surface area is 99.7 Å². The van der Waals surface area contributed by atoms with Crippen LogP contribution in [0.4, 0.5) is 13.2 Å². The molecule has 1 aromatic carbocycles. The van der Waals surface area contributed by atoms with Crippen molar-refractivity contribution in [3.8, 4) is 5.75 Å². The first kappa shape index (κ1) is 13.3. The Kier molecular flexibility index (Phi) is 4.21. The summed E-state index contributed by atoms with van der Waals surface area (Å²) in [6.07, 6.45) is -5.29. The monoisotopic (exact) mass is 297 g/mol. The molecule has 0 aliphatic carbocycles. The number of hydrogen-bond acceptors (Lipinski definition) is 2. The molecule has 90 valence electrons. The van der Waals surface area contributed by atoms with Crippen LogP contribution in [0.1, 0.15) is 18.0 Å². The smallest absolute Gasteiger partial charge is 0.390 e. The van der Waals surface area contributed by atoms with Crippen molar-refractivity contribution >= 4 is 15.9 Å². The van der Waals surface area contributed by atoms with Gasteiger partial charge in [0.2, 0.25) is 0 Å². The van der Waals surface area contributed by atoms with Crippen molar-refractivity contribution in [2.45, 2.75) is 18.6 Å². The van der Waals surface area contributed by atoms with E-state index in [2.05, 4.69) is 15.9 Å². The molecule has 2 N–H and O–H groups in total. The van der Waals surface area contributed by atoms with Crippen molar-refractivity contribution in [3.63, 3.8) is 0 Å². The van der Waals surface area contributed by atoms with Crippen LogP contribution in [0.2, 0.25) is 0 Å². The van der Waals surface area contributed by atoms with Crippen LogP contribution in [0.25, 0.3) is 0 Å². The van der Waals surface area contributed by atoms with Crippen molar-refractivity contribution in [2.24, 2.45) is 5.73 Å². The molecule has 16 heavy (non-hydrogen) atoms. The summed E-state index contributed by atoms with van der Waals surface area (Å²) in [7, 11) is 1.48. The molecule has 0 fully saturated rings. The van der Waals surface area contributed by atoms with E-state index < -0.39 is 18.6 Å². The van der Waals surface area contributed by atoms with E-state index in [1.54, 1.807) is 6.07 Å². The molecule has 0 spiro atoms. The Morgan fingerprint density at radius 3 is 2.50 bits per heavy atom. The second-order valence-corrected chi connectivity index (χ2v) is 4.17. The van der Waals surface area contributed by atoms with Gasteiger partial charge in [0.15, 0.2) is 0 Å². The van der Waals surface area contributed by atoms with Gasteiger partial charge in [0.05, 0.1) is 18.0 Å². The zero-order valence-electron chi connectivity index (χ0n) is 8.51. The zero-order valence-corrected chi connectivity index (χ0v) is 10.1. The molecule has 6 heteroatoms. The molecule has 0 aliphatic rings. The van der Waals surface area contributed by atoms with E-state index in [4.69, 9.17) is 10.5 Å². The van der Waals surface area contributed by atoms with Crippen LogP contribution in [-0.4, -0.2) is 13.3 Å². The van der Waals surface area contributed by atoms with Crippen LogP contribution < -0.4 is 10.5 Å². The van der Waals surface area contributed by atoms with Gasteiger partial charge in [-0.2, -0.15) is 13.2 Å². The van der Waals surface area contributed by atoms with Gasteiger partial charge in [-0.1, -0.05) is 6.07 Å². The van der Waals surface area contributed by atoms with E-state index in [1.165, 1.54) is 19.2 Å². The van der Waals surface area contributed by atoms with E-state index in [9.17, 15) is 13.2 Å². The average molecular weight is 298 g/mol. The average Bonchev–Trinajstić information content (AvgIpc) is 2.15. The van der Waals surface area contributed by atoms with Crippen LogP contribution in [-0.2, 0) is 0 Å². The SMILES string of the molecule is COc1ccc([C@@H](N)CC(F)(F)F)cc1Br. The van der Waals surface area contributed by atoms with Gasteiger partial charge in [0.25, 0.3) is 0 Å². The van der Waals surface area contributed by atoms with Crippen molar-refractivity contribution < 1.29 is 17.9 Å². The summed E-state index contributed by atoms with van der Waals surface area (Å²) in [5.74, 6) is 0.558. The number of ether oxygens (including phenoxy) is 1. The standard InChI is InChI=1S/C10H11BrF3NO/c1-16-9-3-2-6(4-7(9)11)8(15)5-10(12,13)14/h2-4,8H,5,15H2,1H3/t8-/m0/s1. The largest absolute Gasteiger partial charge is 0.496 e. The number of methoxy groups -OCH3 is 1. The van der Waals surface area contributed by atoms with Gasteiger partial charge in [-0.05, 0) is 33.6 Å². The summed E-state index contributed by atoms with van der Waals surface area (Å²) in [6.45, 7) is 0. The Balaban J connectivity index is 2.85. The third kappa shape index (κ3) is 3.68. The lowest BCUT2D eigenvalue weighted by Gasteiger charge is -2.15. The zero-order chi connectivity index (χ0) is 12.3. The van der Waals surface area contributed by atoms with Crippen LogP contribution in [0.5, 0.6) is 5.75 Å². The molecule has 0 radical (unpaired) electrons. The fourth-order valence-electron chi connectivity index (χ4n) is 1.28. The maximum atomic E-state index is 12.1. The highest BCUT2D eigenvalue weighted by Crippen LogP contribution is 2.32. The second kappa shape index (κ2) is 5.05. The topological polar surface area (TPSA) is 35.2 Å². The number of hydrogen-bond donors (Lipinski definition) is 1. The summed E-state index contributed by atoms with van der Waals surface area (Å²) in [6, 6.07) is 3.59. The maximum Gasteiger partial charge on any atom is 0.390 e. The molecule has 0 saturated carbocycles. The second-order valence-electron chi connectivity index (χ2n) is 3.32. The van der Waals surface area contributed by atoms with Gasteiger partial charge in [-0.15, -0.1) is 0 Å². The summed E-state index contributed by atoms with van der Waals surface area (Å²) in [4.78, 5) is 0. The van der Waals surface area contributed by atoms with Crippen molar-refractivity contribution in [1.82, 2.24) is 0 Å². The summed E-state index contributed by atoms with van der Waals surface area (Å²) < 4.78 is 41.9. The number of nitrogens with two attached hydrogens (primary N) is 1. The van der Waals surface area contributed by atoms with Gasteiger partial charge in [0, 0.05) is 6.04 Å². The number of halogens is 4. The predicted molar refractivity (Wildman–Crippen MR) is 58.3 cm³/mol. The minimum Gasteiger partial charge on any atom is -0.496 e. The molecule has 2 nitrogen and oxygen atoms in total. The first-order chi connectivity index (χ1) is 7.33. The van der Waals surface area contributed by atoms with E-state index in [1.807, 2.05) is 0 Å². The molecule has 0 heterocycles. The molecule has 0 aromatic heterocycles. The molecule has 1 atom stereocenters. The van der Waals surface area contributed by atoms with Crippen molar-refractivity contribution in [3.05, 3.63) is 28.2 Å². The first-order valence-corrected chi connectivity index (χ1v) is 5.28. The van der Waals surface area contributed by atoms with E-state index >= 15 is 0 Å². The van der Waals surface area contributed by atoms with Crippen molar-refractivity contribution in [1.29, 1.82) is 0 Å². The number of benzene rings is 1. The minimum absolute atomic E-state index is 0.421. The summed E-state index contributed by atoms with van der Waals surface area (Å²) in [5.41, 5.74) is 5.88. The Bertz CT molecular complexity index is 368. The molecule has 1 rings (SSSR count). The van der Waals surface area contributed by atoms with Gasteiger partial charge >= 0.3 is 6.18 Å². The molecule has 0 amide bonds. The van der Waals surface area contributed by atoms with Crippen LogP contribution in [0.15, 0.2) is 22.7 Å². The van der Waals surface area contributed by atoms with E-state index in [-0.39, 0.29) is 0 Å². The lowest BCUT2D eigenvalue weighted by atomic mass is 10.0. The molecule has 1 aromatic rings. The fraction of sp³-hybridized carbons (Fsp3) is 0.400. The van der Waals surface area contributed by atoms with Crippen LogP contribution >= 0.6 is 15.9 Å². The summed E-state index contributed by atoms with van der Waals surface area (Å²) >= 11 is 3.19. The highest BCUT2D eigenvalue weighted by Gasteiger charge is 2.31. The van der Waals surface area contributed by atoms with Gasteiger partial charge < -0.3 is 10.5 Å². The molecular weight excluding hydrogens is 287 g/mol. The highest BCUT2D eigenvalue weighted by molar-refractivity contribution is 9.10. The third-order valence-corrected chi connectivity index (χ3v) is 2.68. The van der Waals surface area contributed by atoms with Crippen molar-refractivity contribution in [2.75, 3.05) is 7.11 Å². The van der Waals surface area contributed by atoms with E-state index in [0.717, 1.165) is 0 Å². The van der Waals surface area contributed by atoms with Gasteiger partial charge in [-0.25, -0.2) is 0 Å². The van der Waals surface area contributed by atoms with Crippen LogP contribution in [0, 0.1) is 0 Å². The molecule has 0 bridgehead atoms. The highest BCUT2D eigenvalue weighted by atomic mass is 79.9. The Hall–Kier alpha value is -0.750. The van der Waals surface area contributed by atoms with Gasteiger partial charge in [0.1, 0.15) is 5.75 Å². The molecule has 0 unspecified atom stereocenters. The minimum atomic E-state index is -4.26. The quantitative estimate of drug-likeness (QED) is 0.928. The normalized spacial score (nSPS) is 13.6. The lowest BCUT2D eigenvalue weighted by molar-refractivity contribution is -0.138. The van der Waals surface area contributed by atoms with E-state index in [0.29, 0.717) is 15.8 Å². The first-order valence-electron chi connectivity index (χ1n) is 4.49. The summed E-state index contributed by atoms with van der Waals surface area (Å²) in [5, 5.41) is 0. The Morgan fingerprint density at radius 1 is 1.44 bits per heavy atom. The fourth-order valence-corrected chi connectivity index (χ4v) is 1.84. The molecular formula is C10H11BrF3NO. The molecule has 0 saturated heterocycles. The number of rotatable bonds is 3. The Morgan fingerprint density at radius 2 is 2.06 bits per heavy atom. The lowest BCUT2D eigenvalue weighted by Crippen LogP contribution is -2.20. The third-order valence-electron chi connectivity index (χ3n) is 2.06. The number of alkyl halides is 3. The predicted octanol–water partition coefficient (Wildman–Crippen LogP) is 3.41.